The summed E-state index contributed by atoms with van der Waals surface area (Å²) in [5.41, 5.74) is 1.74. The zero-order valence-corrected chi connectivity index (χ0v) is 12.5. The van der Waals surface area contributed by atoms with E-state index in [9.17, 15) is 15.1 Å². The Morgan fingerprint density at radius 3 is 2.62 bits per heavy atom. The van der Waals surface area contributed by atoms with Crippen LogP contribution < -0.4 is 10.4 Å². The largest absolute Gasteiger partial charge is 0.623 e. The molecule has 0 saturated heterocycles. The second-order valence-electron chi connectivity index (χ2n) is 5.53. The molecule has 3 aromatic carbocycles. The van der Waals surface area contributed by atoms with Crippen LogP contribution in [0.15, 0.2) is 59.6 Å². The predicted octanol–water partition coefficient (Wildman–Crippen LogP) is 2.49. The van der Waals surface area contributed by atoms with Gasteiger partial charge < -0.3 is 15.6 Å². The Bertz CT molecular complexity index is 998. The summed E-state index contributed by atoms with van der Waals surface area (Å²) in [5.74, 6) is -0.507. The van der Waals surface area contributed by atoms with E-state index in [4.69, 9.17) is 0 Å². The molecular weight excluding hydrogens is 306 g/mol. The highest BCUT2D eigenvalue weighted by Gasteiger charge is 2.17. The van der Waals surface area contributed by atoms with E-state index in [1.165, 1.54) is 6.34 Å². The van der Waals surface area contributed by atoms with E-state index in [-0.39, 0.29) is 16.4 Å². The number of carbonyl (C=O) groups is 1. The highest BCUT2D eigenvalue weighted by molar-refractivity contribution is 6.08. The van der Waals surface area contributed by atoms with E-state index in [0.717, 1.165) is 10.8 Å². The van der Waals surface area contributed by atoms with Crippen molar-refractivity contribution in [3.8, 4) is 5.75 Å². The molecule has 6 heteroatoms. The number of phenols is 1. The van der Waals surface area contributed by atoms with Crippen LogP contribution in [0.5, 0.6) is 5.75 Å². The molecule has 0 spiro atoms. The van der Waals surface area contributed by atoms with Gasteiger partial charge in [-0.15, -0.1) is 0 Å². The van der Waals surface area contributed by atoms with Crippen molar-refractivity contribution in [2.45, 2.75) is 0 Å². The molecule has 1 amide bonds. The molecule has 0 fully saturated rings. The molecule has 24 heavy (non-hydrogen) atoms. The van der Waals surface area contributed by atoms with Gasteiger partial charge in [-0.25, -0.2) is 0 Å². The van der Waals surface area contributed by atoms with Crippen LogP contribution in [0.3, 0.4) is 0 Å². The van der Waals surface area contributed by atoms with Crippen molar-refractivity contribution in [2.24, 2.45) is 4.99 Å². The Labute approximate surface area is 137 Å². The van der Waals surface area contributed by atoms with E-state index in [1.54, 1.807) is 30.3 Å². The highest BCUT2D eigenvalue weighted by atomic mass is 16.5. The summed E-state index contributed by atoms with van der Waals surface area (Å²) in [6.45, 7) is 0. The van der Waals surface area contributed by atoms with Gasteiger partial charge >= 0.3 is 0 Å². The van der Waals surface area contributed by atoms with Gasteiger partial charge in [0, 0.05) is 11.8 Å². The lowest BCUT2D eigenvalue weighted by Crippen LogP contribution is -2.99. The number of rotatable bonds is 2. The van der Waals surface area contributed by atoms with Crippen molar-refractivity contribution in [1.82, 2.24) is 0 Å². The van der Waals surface area contributed by atoms with Gasteiger partial charge in [-0.05, 0) is 35.0 Å². The summed E-state index contributed by atoms with van der Waals surface area (Å²) in [6.07, 6.45) is 1.26. The number of nitrogens with zero attached hydrogens (tertiary/aromatic N) is 1. The molecule has 0 bridgehead atoms. The molecule has 1 aliphatic heterocycles. The number of amides is 1. The number of hydrogen-bond acceptors (Lipinski definition) is 4. The van der Waals surface area contributed by atoms with Gasteiger partial charge in [0.25, 0.3) is 5.91 Å². The summed E-state index contributed by atoms with van der Waals surface area (Å²) >= 11 is 0. The van der Waals surface area contributed by atoms with Gasteiger partial charge in [0.1, 0.15) is 11.4 Å². The van der Waals surface area contributed by atoms with Crippen molar-refractivity contribution in [3.63, 3.8) is 0 Å². The average molecular weight is 319 g/mol. The molecule has 0 aliphatic carbocycles. The Balaban J connectivity index is 1.65. The number of hydroxylamine groups is 1. The highest BCUT2D eigenvalue weighted by Crippen LogP contribution is 2.29. The number of quaternary nitrogens is 1. The van der Waals surface area contributed by atoms with Gasteiger partial charge in [-0.2, -0.15) is 4.99 Å². The van der Waals surface area contributed by atoms with Gasteiger partial charge in [0.2, 0.25) is 0 Å². The van der Waals surface area contributed by atoms with Crippen LogP contribution in [0.4, 0.5) is 17.1 Å². The molecule has 1 unspecified atom stereocenters. The van der Waals surface area contributed by atoms with Crippen molar-refractivity contribution < 1.29 is 15.0 Å². The van der Waals surface area contributed by atoms with Crippen LogP contribution in [0.1, 0.15) is 10.4 Å². The first-order valence-electron chi connectivity index (χ1n) is 7.37. The smallest absolute Gasteiger partial charge is 0.259 e. The molecule has 4 rings (SSSR count). The third-order valence-corrected chi connectivity index (χ3v) is 3.95. The lowest BCUT2D eigenvalue weighted by molar-refractivity contribution is -0.655. The number of fused-ring (bicyclic) bond motifs is 2. The quantitative estimate of drug-likeness (QED) is 0.634. The van der Waals surface area contributed by atoms with Crippen molar-refractivity contribution in [3.05, 3.63) is 65.4 Å². The van der Waals surface area contributed by atoms with Crippen LogP contribution in [-0.2, 0) is 0 Å². The van der Waals surface area contributed by atoms with Crippen molar-refractivity contribution in [1.29, 1.82) is 0 Å². The number of carbonyl (C=O) groups excluding carboxylic acids is 1. The number of anilines is 1. The predicted molar refractivity (Wildman–Crippen MR) is 92.1 cm³/mol. The van der Waals surface area contributed by atoms with Gasteiger partial charge in [0.05, 0.1) is 5.56 Å². The number of nitrogens with one attached hydrogen (secondary N) is 2. The van der Waals surface area contributed by atoms with Gasteiger partial charge in [-0.3, -0.25) is 9.86 Å². The van der Waals surface area contributed by atoms with Crippen LogP contribution >= 0.6 is 0 Å². The minimum absolute atomic E-state index is 0.0828. The minimum Gasteiger partial charge on any atom is -0.623 e. The lowest BCUT2D eigenvalue weighted by atomic mass is 10.1. The zero-order chi connectivity index (χ0) is 16.7. The maximum atomic E-state index is 12.5. The van der Waals surface area contributed by atoms with E-state index in [2.05, 4.69) is 10.3 Å². The Kier molecular flexibility index (Phi) is 3.26. The third-order valence-electron chi connectivity index (χ3n) is 3.95. The first-order valence-corrected chi connectivity index (χ1v) is 7.37. The summed E-state index contributed by atoms with van der Waals surface area (Å²) in [5, 5.41) is 25.9. The second kappa shape index (κ2) is 5.45. The normalized spacial score (nSPS) is 15.5. The Morgan fingerprint density at radius 1 is 1.08 bits per heavy atom. The molecule has 1 aliphatic rings. The summed E-state index contributed by atoms with van der Waals surface area (Å²) in [4.78, 5) is 16.5. The average Bonchev–Trinajstić information content (AvgIpc) is 2.94. The number of phenolic OH excluding ortho intramolecular Hbond substituents is 1. The van der Waals surface area contributed by atoms with E-state index >= 15 is 0 Å². The fourth-order valence-electron chi connectivity index (χ4n) is 2.73. The van der Waals surface area contributed by atoms with Crippen LogP contribution in [0.25, 0.3) is 10.8 Å². The fraction of sp³-hybridized carbons (Fsp3) is 0. The molecule has 3 aromatic rings. The first kappa shape index (κ1) is 14.4. The van der Waals surface area contributed by atoms with Crippen molar-refractivity contribution >= 4 is 40.1 Å². The number of hydrogen-bond donors (Lipinski definition) is 3. The third kappa shape index (κ3) is 2.40. The molecule has 3 N–H and O–H groups in total. The van der Waals surface area contributed by atoms with Gasteiger partial charge in [0.15, 0.2) is 12.0 Å². The topological polar surface area (TPSA) is 89.2 Å². The second-order valence-corrected chi connectivity index (χ2v) is 5.53. The van der Waals surface area contributed by atoms with Crippen molar-refractivity contribution in [2.75, 3.05) is 5.32 Å². The maximum absolute atomic E-state index is 12.5. The summed E-state index contributed by atoms with van der Waals surface area (Å²) < 4.78 is 0. The molecule has 1 heterocycles. The van der Waals surface area contributed by atoms with E-state index in [0.29, 0.717) is 17.1 Å². The fourth-order valence-corrected chi connectivity index (χ4v) is 2.73. The van der Waals surface area contributed by atoms with Crippen LogP contribution in [-0.4, -0.2) is 17.4 Å². The monoisotopic (exact) mass is 319 g/mol. The summed E-state index contributed by atoms with van der Waals surface area (Å²) in [6, 6.07) is 15.6. The standard InChI is InChI=1S/C18H13N3O3/c22-17-8-12-4-2-1-3-11(12)7-14(17)18(23)20-13-5-6-16-15(9-13)19-10-21(16)24/h1-10,21-22H,(H,20,23). The van der Waals surface area contributed by atoms with Crippen LogP contribution in [0, 0.1) is 5.21 Å². The molecule has 1 atom stereocenters. The molecular formula is C18H13N3O3. The Hall–Kier alpha value is -3.22. The molecule has 6 nitrogen and oxygen atoms in total. The van der Waals surface area contributed by atoms with Crippen LogP contribution in [0.2, 0.25) is 0 Å². The van der Waals surface area contributed by atoms with Gasteiger partial charge in [-0.1, -0.05) is 24.3 Å². The number of aromatic hydroxyl groups is 1. The molecule has 0 aromatic heterocycles. The zero-order valence-electron chi connectivity index (χ0n) is 12.5. The van der Waals surface area contributed by atoms with E-state index < -0.39 is 5.91 Å². The lowest BCUT2D eigenvalue weighted by Gasteiger charge is -2.12. The number of benzene rings is 3. The minimum atomic E-state index is -0.425. The molecule has 0 radical (unpaired) electrons. The maximum Gasteiger partial charge on any atom is 0.259 e. The first-order chi connectivity index (χ1) is 11.6. The van der Waals surface area contributed by atoms with E-state index in [1.807, 2.05) is 24.3 Å². The Morgan fingerprint density at radius 2 is 1.83 bits per heavy atom. The summed E-state index contributed by atoms with van der Waals surface area (Å²) in [7, 11) is 0. The SMILES string of the molecule is O=C(Nc1ccc2c(c1)N=C[NH+]2[O-])c1cc2ccccc2cc1O. The molecule has 0 saturated carbocycles. The number of aliphatic imine (C=N–C) groups is 1. The molecule has 118 valence electrons.